The maximum absolute atomic E-state index is 12.7. The summed E-state index contributed by atoms with van der Waals surface area (Å²) in [6.45, 7) is 1.21. The summed E-state index contributed by atoms with van der Waals surface area (Å²) < 4.78 is 26.9. The number of carbonyl (C=O) groups excluding carboxylic acids is 1. The molecule has 25 heavy (non-hydrogen) atoms. The number of nitrogens with zero attached hydrogens (tertiary/aromatic N) is 2. The number of amides is 1. The van der Waals surface area contributed by atoms with Gasteiger partial charge in [0.25, 0.3) is 0 Å². The molecule has 1 amide bonds. The second-order valence-corrected chi connectivity index (χ2v) is 10.4. The van der Waals surface area contributed by atoms with Gasteiger partial charge in [0, 0.05) is 18.8 Å². The second-order valence-electron chi connectivity index (χ2n) is 7.13. The van der Waals surface area contributed by atoms with Gasteiger partial charge in [0.05, 0.1) is 15.5 Å². The van der Waals surface area contributed by atoms with Crippen LogP contribution in [0, 0.1) is 0 Å². The number of sulfonamides is 1. The molecule has 3 aliphatic rings. The highest BCUT2D eigenvalue weighted by molar-refractivity contribution is 8.02. The Labute approximate surface area is 153 Å². The first-order valence-corrected chi connectivity index (χ1v) is 11.5. The summed E-state index contributed by atoms with van der Waals surface area (Å²) in [5.41, 5.74) is 0.831. The Kier molecular flexibility index (Phi) is 4.58. The van der Waals surface area contributed by atoms with Gasteiger partial charge in [-0.2, -0.15) is 4.31 Å². The summed E-state index contributed by atoms with van der Waals surface area (Å²) in [7, 11) is -3.40. The van der Waals surface area contributed by atoms with E-state index in [1.165, 1.54) is 6.42 Å². The Morgan fingerprint density at radius 2 is 1.56 bits per heavy atom. The highest BCUT2D eigenvalue weighted by Gasteiger charge is 2.47. The first-order chi connectivity index (χ1) is 12.0. The molecule has 0 N–H and O–H groups in total. The highest BCUT2D eigenvalue weighted by Crippen LogP contribution is 2.49. The molecule has 1 aliphatic carbocycles. The molecule has 0 atom stereocenters. The molecule has 7 heteroatoms. The molecule has 0 radical (unpaired) electrons. The predicted octanol–water partition coefficient (Wildman–Crippen LogP) is 3.21. The first kappa shape index (κ1) is 17.4. The molecule has 136 valence electrons. The van der Waals surface area contributed by atoms with Crippen molar-refractivity contribution in [3.8, 4) is 0 Å². The summed E-state index contributed by atoms with van der Waals surface area (Å²) in [5.74, 6) is 0.662. The third kappa shape index (κ3) is 3.00. The van der Waals surface area contributed by atoms with Crippen LogP contribution in [0.4, 0.5) is 5.69 Å². The van der Waals surface area contributed by atoms with Crippen LogP contribution in [0.5, 0.6) is 0 Å². The maximum Gasteiger partial charge on any atom is 0.243 e. The topological polar surface area (TPSA) is 57.7 Å². The van der Waals surface area contributed by atoms with Gasteiger partial charge in [-0.05, 0) is 49.9 Å². The minimum Gasteiger partial charge on any atom is -0.297 e. The van der Waals surface area contributed by atoms with Crippen LogP contribution in [0.25, 0.3) is 0 Å². The second kappa shape index (κ2) is 6.59. The van der Waals surface area contributed by atoms with Crippen molar-refractivity contribution in [2.75, 3.05) is 23.7 Å². The zero-order valence-electron chi connectivity index (χ0n) is 14.3. The van der Waals surface area contributed by atoms with Crippen LogP contribution in [-0.4, -0.2) is 42.3 Å². The molecule has 2 heterocycles. The van der Waals surface area contributed by atoms with Gasteiger partial charge in [-0.25, -0.2) is 8.42 Å². The number of hydrogen-bond acceptors (Lipinski definition) is 4. The molecule has 1 spiro atoms. The third-order valence-corrected chi connectivity index (χ3v) is 8.99. The van der Waals surface area contributed by atoms with E-state index in [0.29, 0.717) is 23.7 Å². The van der Waals surface area contributed by atoms with Crippen molar-refractivity contribution in [1.82, 2.24) is 4.31 Å². The quantitative estimate of drug-likeness (QED) is 0.808. The van der Waals surface area contributed by atoms with E-state index in [2.05, 4.69) is 0 Å². The van der Waals surface area contributed by atoms with Gasteiger partial charge in [-0.15, -0.1) is 11.8 Å². The van der Waals surface area contributed by atoms with Crippen LogP contribution in [0.2, 0.25) is 0 Å². The fourth-order valence-electron chi connectivity index (χ4n) is 4.25. The highest BCUT2D eigenvalue weighted by atomic mass is 32.2. The Morgan fingerprint density at radius 1 is 0.920 bits per heavy atom. The largest absolute Gasteiger partial charge is 0.297 e. The summed E-state index contributed by atoms with van der Waals surface area (Å²) in [4.78, 5) is 14.7. The van der Waals surface area contributed by atoms with Gasteiger partial charge in [0.1, 0.15) is 0 Å². The monoisotopic (exact) mass is 380 g/mol. The maximum atomic E-state index is 12.7. The fourth-order valence-corrected chi connectivity index (χ4v) is 7.20. The standard InChI is InChI=1S/C18H24N2O3S2/c21-17-14-24-18(10-2-1-3-11-18)20(17)15-6-8-16(9-7-15)25(22,23)19-12-4-5-13-19/h6-9H,1-5,10-14H2. The van der Waals surface area contributed by atoms with E-state index in [0.717, 1.165) is 44.2 Å². The minimum absolute atomic E-state index is 0.120. The van der Waals surface area contributed by atoms with Gasteiger partial charge in [-0.1, -0.05) is 19.3 Å². The number of rotatable bonds is 3. The first-order valence-electron chi connectivity index (χ1n) is 9.10. The predicted molar refractivity (Wildman–Crippen MR) is 100 cm³/mol. The molecule has 5 nitrogen and oxygen atoms in total. The van der Waals surface area contributed by atoms with Crippen molar-refractivity contribution >= 4 is 33.4 Å². The van der Waals surface area contributed by atoms with Gasteiger partial charge < -0.3 is 0 Å². The van der Waals surface area contributed by atoms with E-state index in [1.807, 2.05) is 17.0 Å². The van der Waals surface area contributed by atoms with E-state index >= 15 is 0 Å². The van der Waals surface area contributed by atoms with Crippen LogP contribution < -0.4 is 4.90 Å². The molecule has 0 unspecified atom stereocenters. The van der Waals surface area contributed by atoms with Crippen molar-refractivity contribution in [1.29, 1.82) is 0 Å². The lowest BCUT2D eigenvalue weighted by Crippen LogP contribution is -2.45. The average molecular weight is 381 g/mol. The molecule has 1 aromatic rings. The number of anilines is 1. The Morgan fingerprint density at radius 3 is 2.20 bits per heavy atom. The van der Waals surface area contributed by atoms with Crippen LogP contribution in [-0.2, 0) is 14.8 Å². The van der Waals surface area contributed by atoms with Crippen LogP contribution in [0.15, 0.2) is 29.2 Å². The number of thioether (sulfide) groups is 1. The number of hydrogen-bond donors (Lipinski definition) is 0. The molecule has 2 saturated heterocycles. The normalized spacial score (nSPS) is 24.3. The van der Waals surface area contributed by atoms with Crippen LogP contribution in [0.3, 0.4) is 0 Å². The van der Waals surface area contributed by atoms with Gasteiger partial charge in [0.2, 0.25) is 15.9 Å². The molecular formula is C18H24N2O3S2. The van der Waals surface area contributed by atoms with E-state index in [1.54, 1.807) is 28.2 Å². The molecule has 0 aromatic heterocycles. The number of benzene rings is 1. The SMILES string of the molecule is O=C1CSC2(CCCCC2)N1c1ccc(S(=O)(=O)N2CCCC2)cc1. The Hall–Kier alpha value is -1.05. The Balaban J connectivity index is 1.62. The minimum atomic E-state index is -3.40. The van der Waals surface area contributed by atoms with Gasteiger partial charge >= 0.3 is 0 Å². The zero-order chi connectivity index (χ0) is 17.5. The van der Waals surface area contributed by atoms with Crippen LogP contribution in [0.1, 0.15) is 44.9 Å². The average Bonchev–Trinajstić information content (AvgIpc) is 3.26. The van der Waals surface area contributed by atoms with Gasteiger partial charge in [0.15, 0.2) is 0 Å². The molecule has 1 aromatic carbocycles. The summed E-state index contributed by atoms with van der Waals surface area (Å²) >= 11 is 1.76. The summed E-state index contributed by atoms with van der Waals surface area (Å²) in [5, 5.41) is 0. The molecule has 2 aliphatic heterocycles. The van der Waals surface area contributed by atoms with Crippen molar-refractivity contribution in [2.24, 2.45) is 0 Å². The van der Waals surface area contributed by atoms with E-state index < -0.39 is 10.0 Å². The van der Waals surface area contributed by atoms with Crippen molar-refractivity contribution < 1.29 is 13.2 Å². The smallest absolute Gasteiger partial charge is 0.243 e. The van der Waals surface area contributed by atoms with E-state index in [4.69, 9.17) is 0 Å². The summed E-state index contributed by atoms with van der Waals surface area (Å²) in [6, 6.07) is 6.94. The van der Waals surface area contributed by atoms with E-state index in [9.17, 15) is 13.2 Å². The molecular weight excluding hydrogens is 356 g/mol. The molecule has 1 saturated carbocycles. The molecule has 0 bridgehead atoms. The van der Waals surface area contributed by atoms with Crippen molar-refractivity contribution in [3.05, 3.63) is 24.3 Å². The number of carbonyl (C=O) groups is 1. The Bertz CT molecular complexity index is 749. The lowest BCUT2D eigenvalue weighted by molar-refractivity contribution is -0.116. The van der Waals surface area contributed by atoms with Crippen LogP contribution >= 0.6 is 11.8 Å². The molecule has 3 fully saturated rings. The van der Waals surface area contributed by atoms with E-state index in [-0.39, 0.29) is 10.8 Å². The fraction of sp³-hybridized carbons (Fsp3) is 0.611. The third-order valence-electron chi connectivity index (χ3n) is 5.55. The summed E-state index contributed by atoms with van der Waals surface area (Å²) in [6.07, 6.45) is 7.45. The van der Waals surface area contributed by atoms with Crippen molar-refractivity contribution in [2.45, 2.75) is 54.7 Å². The molecule has 4 rings (SSSR count). The van der Waals surface area contributed by atoms with Crippen molar-refractivity contribution in [3.63, 3.8) is 0 Å². The van der Waals surface area contributed by atoms with Gasteiger partial charge in [-0.3, -0.25) is 9.69 Å². The lowest BCUT2D eigenvalue weighted by Gasteiger charge is -2.40. The lowest BCUT2D eigenvalue weighted by atomic mass is 9.93. The zero-order valence-corrected chi connectivity index (χ0v) is 15.9.